The van der Waals surface area contributed by atoms with Crippen molar-refractivity contribution >= 4 is 16.9 Å². The molecule has 42 heavy (non-hydrogen) atoms. The van der Waals surface area contributed by atoms with Crippen LogP contribution in [0.1, 0.15) is 78.4 Å². The number of hydrogen-bond acceptors (Lipinski definition) is 5. The second-order valence-corrected chi connectivity index (χ2v) is 12.5. The maximum absolute atomic E-state index is 13.4. The second kappa shape index (κ2) is 11.0. The monoisotopic (exact) mass is 558 g/mol. The number of piperidine rings is 2. The third-order valence-electron chi connectivity index (χ3n) is 10.4. The Bertz CT molecular complexity index is 1620. The fraction of sp³-hybridized carbons (Fsp3) is 0.429. The highest BCUT2D eigenvalue weighted by atomic mass is 16.2. The minimum Gasteiger partial charge on any atom is -0.337 e. The molecule has 0 spiro atoms. The predicted octanol–water partition coefficient (Wildman–Crippen LogP) is 6.04. The summed E-state index contributed by atoms with van der Waals surface area (Å²) < 4.78 is 2.51. The molecule has 3 fully saturated rings. The Labute approximate surface area is 247 Å². The van der Waals surface area contributed by atoms with Gasteiger partial charge in [-0.3, -0.25) is 9.69 Å². The van der Waals surface area contributed by atoms with E-state index in [9.17, 15) is 10.1 Å². The molecule has 0 radical (unpaired) electrons. The first-order valence-electron chi connectivity index (χ1n) is 15.5. The van der Waals surface area contributed by atoms with Crippen LogP contribution < -0.4 is 0 Å². The normalized spacial score (nSPS) is 23.6. The maximum Gasteiger partial charge on any atom is 0.273 e. The Hall–Kier alpha value is -4.02. The molecule has 1 unspecified atom stereocenters. The number of para-hydroxylation sites is 2. The summed E-state index contributed by atoms with van der Waals surface area (Å²) in [7, 11) is 0. The van der Waals surface area contributed by atoms with Crippen LogP contribution in [0.15, 0.2) is 72.9 Å². The zero-order valence-electron chi connectivity index (χ0n) is 24.3. The number of nitriles is 1. The molecule has 3 aliphatic rings. The smallest absolute Gasteiger partial charge is 0.273 e. The molecular formula is C35H38N6O. The average molecular weight is 559 g/mol. The van der Waals surface area contributed by atoms with Crippen molar-refractivity contribution in [3.8, 4) is 6.07 Å². The number of nitrogens with zero attached hydrogens (tertiary/aromatic N) is 6. The van der Waals surface area contributed by atoms with Crippen LogP contribution in [-0.4, -0.2) is 62.0 Å². The molecule has 5 heterocycles. The molecule has 2 aromatic carbocycles. The minimum absolute atomic E-state index is 0.0354. The molecule has 2 aromatic heterocycles. The number of aromatic nitrogens is 3. The van der Waals surface area contributed by atoms with Gasteiger partial charge in [-0.15, -0.1) is 0 Å². The van der Waals surface area contributed by atoms with Gasteiger partial charge in [0.15, 0.2) is 0 Å². The summed E-state index contributed by atoms with van der Waals surface area (Å²) in [5, 5.41) is 9.50. The summed E-state index contributed by atoms with van der Waals surface area (Å²) in [5.41, 5.74) is 4.41. The van der Waals surface area contributed by atoms with Crippen LogP contribution in [0.4, 0.5) is 0 Å². The van der Waals surface area contributed by atoms with E-state index in [-0.39, 0.29) is 17.0 Å². The van der Waals surface area contributed by atoms with Crippen molar-refractivity contribution in [3.05, 3.63) is 95.6 Å². The largest absolute Gasteiger partial charge is 0.337 e. The number of hydrogen-bond donors (Lipinski definition) is 0. The summed E-state index contributed by atoms with van der Waals surface area (Å²) in [6, 6.07) is 26.7. The fourth-order valence-corrected chi connectivity index (χ4v) is 8.22. The number of likely N-dealkylation sites (tertiary alicyclic amines) is 1. The molecule has 3 atom stereocenters. The first-order chi connectivity index (χ1) is 20.6. The molecular weight excluding hydrogens is 520 g/mol. The van der Waals surface area contributed by atoms with Crippen LogP contribution in [0.2, 0.25) is 0 Å². The topological polar surface area (TPSA) is 78.1 Å². The number of imidazole rings is 1. The Morgan fingerprint density at radius 1 is 0.952 bits per heavy atom. The van der Waals surface area contributed by atoms with Gasteiger partial charge < -0.3 is 9.47 Å². The quantitative estimate of drug-likeness (QED) is 0.288. The van der Waals surface area contributed by atoms with Gasteiger partial charge in [0.2, 0.25) is 0 Å². The highest BCUT2D eigenvalue weighted by Crippen LogP contribution is 2.45. The molecule has 7 rings (SSSR count). The lowest BCUT2D eigenvalue weighted by Gasteiger charge is -2.45. The van der Waals surface area contributed by atoms with Crippen LogP contribution in [0.3, 0.4) is 0 Å². The third kappa shape index (κ3) is 4.68. The number of fused-ring (bicyclic) bond motifs is 3. The van der Waals surface area contributed by atoms with Crippen LogP contribution in [0, 0.1) is 18.3 Å². The Morgan fingerprint density at radius 2 is 1.67 bits per heavy atom. The predicted molar refractivity (Wildman–Crippen MR) is 163 cm³/mol. The number of carbonyl (C=O) groups excluding carboxylic acids is 1. The summed E-state index contributed by atoms with van der Waals surface area (Å²) in [4.78, 5) is 27.2. The molecule has 3 aliphatic heterocycles. The van der Waals surface area contributed by atoms with Gasteiger partial charge in [0.05, 0.1) is 16.6 Å². The third-order valence-corrected chi connectivity index (χ3v) is 10.4. The number of amides is 1. The van der Waals surface area contributed by atoms with Gasteiger partial charge in [-0.2, -0.15) is 5.26 Å². The van der Waals surface area contributed by atoms with Crippen molar-refractivity contribution in [2.75, 3.05) is 19.6 Å². The van der Waals surface area contributed by atoms with Gasteiger partial charge in [0, 0.05) is 37.4 Å². The van der Waals surface area contributed by atoms with Crippen LogP contribution >= 0.6 is 0 Å². The highest BCUT2D eigenvalue weighted by molar-refractivity contribution is 5.94. The van der Waals surface area contributed by atoms with Crippen molar-refractivity contribution < 1.29 is 4.79 Å². The van der Waals surface area contributed by atoms with E-state index in [1.807, 2.05) is 4.90 Å². The Kier molecular flexibility index (Phi) is 7.03. The standard InChI is InChI=1S/C35H38N6O/c1-25-38-31-11-5-6-12-32(31)41(25)30-22-28-13-14-29(23-30)40(28)21-17-35(27-9-3-2-4-10-27)15-19-39(20-16-35)34(42)33-26(24-36)8-7-18-37-33/h2-12,18,28-30H,13-17,19-23H2,1H3/t28-,29+,30?. The average Bonchev–Trinajstić information content (AvgIpc) is 3.50. The zero-order valence-corrected chi connectivity index (χ0v) is 24.3. The van der Waals surface area contributed by atoms with E-state index >= 15 is 0 Å². The van der Waals surface area contributed by atoms with Crippen molar-refractivity contribution in [1.82, 2.24) is 24.3 Å². The van der Waals surface area contributed by atoms with Gasteiger partial charge in [-0.25, -0.2) is 9.97 Å². The van der Waals surface area contributed by atoms with Gasteiger partial charge in [-0.05, 0) is 93.7 Å². The van der Waals surface area contributed by atoms with E-state index in [0.717, 1.165) is 37.1 Å². The molecule has 2 bridgehead atoms. The molecule has 7 nitrogen and oxygen atoms in total. The zero-order chi connectivity index (χ0) is 28.7. The first kappa shape index (κ1) is 26.9. The van der Waals surface area contributed by atoms with Crippen molar-refractivity contribution in [1.29, 1.82) is 5.26 Å². The molecule has 1 amide bonds. The van der Waals surface area contributed by atoms with Crippen LogP contribution in [-0.2, 0) is 5.41 Å². The van der Waals surface area contributed by atoms with E-state index in [4.69, 9.17) is 4.98 Å². The lowest BCUT2D eigenvalue weighted by molar-refractivity contribution is 0.0601. The number of pyridine rings is 1. The lowest BCUT2D eigenvalue weighted by Crippen LogP contribution is -2.49. The summed E-state index contributed by atoms with van der Waals surface area (Å²) in [5.74, 6) is 1.00. The van der Waals surface area contributed by atoms with Gasteiger partial charge in [0.1, 0.15) is 17.6 Å². The number of aryl methyl sites for hydroxylation is 1. The number of rotatable bonds is 6. The lowest BCUT2D eigenvalue weighted by atomic mass is 9.70. The fourth-order valence-electron chi connectivity index (χ4n) is 8.22. The minimum atomic E-state index is -0.128. The molecule has 0 aliphatic carbocycles. The van der Waals surface area contributed by atoms with E-state index in [0.29, 0.717) is 36.8 Å². The van der Waals surface area contributed by atoms with Gasteiger partial charge in [0.25, 0.3) is 5.91 Å². The highest BCUT2D eigenvalue weighted by Gasteiger charge is 2.44. The summed E-state index contributed by atoms with van der Waals surface area (Å²) in [6.07, 6.45) is 9.45. The molecule has 214 valence electrons. The van der Waals surface area contributed by atoms with Gasteiger partial charge in [-0.1, -0.05) is 42.5 Å². The van der Waals surface area contributed by atoms with Gasteiger partial charge >= 0.3 is 0 Å². The maximum atomic E-state index is 13.4. The first-order valence-corrected chi connectivity index (χ1v) is 15.5. The molecule has 4 aromatic rings. The van der Waals surface area contributed by atoms with E-state index < -0.39 is 0 Å². The SMILES string of the molecule is Cc1nc2ccccc2n1C1C[C@H]2CC[C@@H](C1)N2CCC1(c2ccccc2)CCN(C(=O)c2ncccc2C#N)CC1. The Morgan fingerprint density at radius 3 is 2.40 bits per heavy atom. The van der Waals surface area contributed by atoms with E-state index in [2.05, 4.69) is 82.0 Å². The van der Waals surface area contributed by atoms with E-state index in [1.54, 1.807) is 18.3 Å². The number of carbonyl (C=O) groups is 1. The summed E-state index contributed by atoms with van der Waals surface area (Å²) >= 11 is 0. The van der Waals surface area contributed by atoms with Crippen molar-refractivity contribution in [2.24, 2.45) is 0 Å². The number of benzene rings is 2. The van der Waals surface area contributed by atoms with Crippen LogP contribution in [0.25, 0.3) is 11.0 Å². The van der Waals surface area contributed by atoms with E-state index in [1.165, 1.54) is 36.8 Å². The van der Waals surface area contributed by atoms with Crippen molar-refractivity contribution in [2.45, 2.75) is 75.4 Å². The Balaban J connectivity index is 1.07. The second-order valence-electron chi connectivity index (χ2n) is 12.5. The summed E-state index contributed by atoms with van der Waals surface area (Å²) in [6.45, 7) is 4.60. The molecule has 0 saturated carbocycles. The molecule has 7 heteroatoms. The molecule has 3 saturated heterocycles. The van der Waals surface area contributed by atoms with Crippen LogP contribution in [0.5, 0.6) is 0 Å². The van der Waals surface area contributed by atoms with Crippen molar-refractivity contribution in [3.63, 3.8) is 0 Å². The molecule has 0 N–H and O–H groups in total.